The molecule has 3 rings (SSSR count). The summed E-state index contributed by atoms with van der Waals surface area (Å²) in [6.45, 7) is 7.92. The Labute approximate surface area is 122 Å². The third-order valence-corrected chi connectivity index (χ3v) is 4.52. The van der Waals surface area contributed by atoms with Gasteiger partial charge in [-0.2, -0.15) is 5.10 Å². The lowest BCUT2D eigenvalue weighted by Crippen LogP contribution is -2.59. The fourth-order valence-electron chi connectivity index (χ4n) is 3.28. The quantitative estimate of drug-likeness (QED) is 0.842. The highest BCUT2D eigenvalue weighted by atomic mass is 15.4. The minimum absolute atomic E-state index is 0.676. The lowest BCUT2D eigenvalue weighted by molar-refractivity contribution is 0.185. The highest BCUT2D eigenvalue weighted by Gasteiger charge is 2.31. The van der Waals surface area contributed by atoms with Crippen molar-refractivity contribution in [1.82, 2.24) is 15.1 Å². The Morgan fingerprint density at radius 2 is 2.00 bits per heavy atom. The van der Waals surface area contributed by atoms with E-state index in [-0.39, 0.29) is 0 Å². The average Bonchev–Trinajstić information content (AvgIpc) is 2.36. The standard InChI is InChI=1S/C16H26N4/c1-12(2)9-19(3)14-10-20(11-14)16-8-13-6-4-5-7-15(13)17-18-16/h8,12,14H,4-7,9-11H2,1-3H3. The molecule has 1 aliphatic heterocycles. The van der Waals surface area contributed by atoms with Gasteiger partial charge in [0.05, 0.1) is 5.69 Å². The molecular formula is C16H26N4. The maximum atomic E-state index is 4.44. The van der Waals surface area contributed by atoms with Gasteiger partial charge >= 0.3 is 0 Å². The molecule has 1 fully saturated rings. The van der Waals surface area contributed by atoms with Crippen LogP contribution < -0.4 is 4.90 Å². The SMILES string of the molecule is CC(C)CN(C)C1CN(c2cc3c(nn2)CCCC3)C1. The van der Waals surface area contributed by atoms with Crippen molar-refractivity contribution in [3.05, 3.63) is 17.3 Å². The second kappa shape index (κ2) is 5.68. The van der Waals surface area contributed by atoms with Crippen LogP contribution in [0.4, 0.5) is 5.82 Å². The topological polar surface area (TPSA) is 32.3 Å². The number of fused-ring (bicyclic) bond motifs is 1. The second-order valence-corrected chi connectivity index (χ2v) is 6.77. The average molecular weight is 274 g/mol. The van der Waals surface area contributed by atoms with E-state index >= 15 is 0 Å². The molecule has 0 N–H and O–H groups in total. The summed E-state index contributed by atoms with van der Waals surface area (Å²) in [6, 6.07) is 2.95. The van der Waals surface area contributed by atoms with Crippen molar-refractivity contribution >= 4 is 5.82 Å². The van der Waals surface area contributed by atoms with Gasteiger partial charge in [-0.15, -0.1) is 5.10 Å². The van der Waals surface area contributed by atoms with Crippen LogP contribution in [-0.4, -0.2) is 47.8 Å². The number of aryl methyl sites for hydroxylation is 2. The smallest absolute Gasteiger partial charge is 0.151 e. The molecule has 0 unspecified atom stereocenters. The zero-order valence-electron chi connectivity index (χ0n) is 13.0. The van der Waals surface area contributed by atoms with E-state index in [4.69, 9.17) is 0 Å². The van der Waals surface area contributed by atoms with Gasteiger partial charge < -0.3 is 4.90 Å². The van der Waals surface area contributed by atoms with Crippen molar-refractivity contribution < 1.29 is 0 Å². The third-order valence-electron chi connectivity index (χ3n) is 4.52. The van der Waals surface area contributed by atoms with Crippen molar-refractivity contribution in [2.24, 2.45) is 5.92 Å². The number of nitrogens with zero attached hydrogens (tertiary/aromatic N) is 4. The number of aromatic nitrogens is 2. The number of hydrogen-bond donors (Lipinski definition) is 0. The second-order valence-electron chi connectivity index (χ2n) is 6.77. The third kappa shape index (κ3) is 2.80. The van der Waals surface area contributed by atoms with Crippen LogP contribution >= 0.6 is 0 Å². The number of hydrogen-bond acceptors (Lipinski definition) is 4. The van der Waals surface area contributed by atoms with Gasteiger partial charge in [-0.1, -0.05) is 13.8 Å². The first-order chi connectivity index (χ1) is 9.63. The maximum absolute atomic E-state index is 4.44. The largest absolute Gasteiger partial charge is 0.352 e. The van der Waals surface area contributed by atoms with Crippen molar-refractivity contribution in [2.45, 2.75) is 45.6 Å². The molecule has 110 valence electrons. The van der Waals surface area contributed by atoms with Crippen molar-refractivity contribution in [1.29, 1.82) is 0 Å². The van der Waals surface area contributed by atoms with Crippen molar-refractivity contribution in [2.75, 3.05) is 31.6 Å². The molecule has 20 heavy (non-hydrogen) atoms. The monoisotopic (exact) mass is 274 g/mol. The van der Waals surface area contributed by atoms with Gasteiger partial charge in [-0.05, 0) is 50.3 Å². The molecule has 0 saturated carbocycles. The fourth-order valence-corrected chi connectivity index (χ4v) is 3.28. The first-order valence-electron chi connectivity index (χ1n) is 7.94. The lowest BCUT2D eigenvalue weighted by Gasteiger charge is -2.45. The molecule has 2 aliphatic rings. The Hall–Kier alpha value is -1.16. The van der Waals surface area contributed by atoms with Gasteiger partial charge in [-0.3, -0.25) is 4.90 Å². The Morgan fingerprint density at radius 3 is 2.75 bits per heavy atom. The molecular weight excluding hydrogens is 248 g/mol. The van der Waals surface area contributed by atoms with E-state index in [2.05, 4.69) is 47.0 Å². The van der Waals surface area contributed by atoms with E-state index in [1.165, 1.54) is 37.1 Å². The highest BCUT2D eigenvalue weighted by molar-refractivity contribution is 5.45. The number of likely N-dealkylation sites (N-methyl/N-ethyl adjacent to an activating group) is 1. The van der Waals surface area contributed by atoms with E-state index < -0.39 is 0 Å². The molecule has 4 heteroatoms. The van der Waals surface area contributed by atoms with Crippen LogP contribution in [0, 0.1) is 5.92 Å². The molecule has 0 radical (unpaired) electrons. The first kappa shape index (κ1) is 13.8. The summed E-state index contributed by atoms with van der Waals surface area (Å²) in [5, 5.41) is 8.86. The summed E-state index contributed by atoms with van der Waals surface area (Å²) in [5.74, 6) is 1.82. The van der Waals surface area contributed by atoms with E-state index in [1.54, 1.807) is 0 Å². The molecule has 2 heterocycles. The van der Waals surface area contributed by atoms with Crippen molar-refractivity contribution in [3.63, 3.8) is 0 Å². The predicted octanol–water partition coefficient (Wildman–Crippen LogP) is 2.13. The molecule has 4 nitrogen and oxygen atoms in total. The Balaban J connectivity index is 1.59. The van der Waals surface area contributed by atoms with E-state index in [9.17, 15) is 0 Å². The molecule has 1 aromatic heterocycles. The van der Waals surface area contributed by atoms with Crippen LogP contribution in [0.5, 0.6) is 0 Å². The molecule has 0 bridgehead atoms. The molecule has 0 atom stereocenters. The van der Waals surface area contributed by atoms with Crippen LogP contribution in [-0.2, 0) is 12.8 Å². The Kier molecular flexibility index (Phi) is 3.92. The molecule has 1 aromatic rings. The van der Waals surface area contributed by atoms with Gasteiger partial charge in [0, 0.05) is 25.7 Å². The lowest BCUT2D eigenvalue weighted by atomic mass is 9.96. The summed E-state index contributed by atoms with van der Waals surface area (Å²) in [5.41, 5.74) is 2.66. The van der Waals surface area contributed by atoms with Gasteiger partial charge in [0.25, 0.3) is 0 Å². The van der Waals surface area contributed by atoms with Crippen LogP contribution in [0.15, 0.2) is 6.07 Å². The van der Waals surface area contributed by atoms with Crippen LogP contribution in [0.25, 0.3) is 0 Å². The van der Waals surface area contributed by atoms with Crippen LogP contribution in [0.1, 0.15) is 37.9 Å². The Bertz CT molecular complexity index is 466. The Morgan fingerprint density at radius 1 is 1.25 bits per heavy atom. The van der Waals surface area contributed by atoms with Gasteiger partial charge in [0.1, 0.15) is 0 Å². The summed E-state index contributed by atoms with van der Waals surface area (Å²) in [4.78, 5) is 4.84. The van der Waals surface area contributed by atoms with Gasteiger partial charge in [-0.25, -0.2) is 0 Å². The number of rotatable bonds is 4. The number of anilines is 1. The molecule has 1 aliphatic carbocycles. The van der Waals surface area contributed by atoms with E-state index in [1.807, 2.05) is 0 Å². The summed E-state index contributed by atoms with van der Waals surface area (Å²) in [6.07, 6.45) is 4.87. The molecule has 0 amide bonds. The summed E-state index contributed by atoms with van der Waals surface area (Å²) >= 11 is 0. The molecule has 0 spiro atoms. The minimum Gasteiger partial charge on any atom is -0.352 e. The van der Waals surface area contributed by atoms with Crippen LogP contribution in [0.2, 0.25) is 0 Å². The first-order valence-corrected chi connectivity index (χ1v) is 7.94. The van der Waals surface area contributed by atoms with Gasteiger partial charge in [0.15, 0.2) is 5.82 Å². The van der Waals surface area contributed by atoms with E-state index in [0.717, 1.165) is 31.2 Å². The predicted molar refractivity (Wildman–Crippen MR) is 82.1 cm³/mol. The maximum Gasteiger partial charge on any atom is 0.151 e. The minimum atomic E-state index is 0.676. The summed E-state index contributed by atoms with van der Waals surface area (Å²) in [7, 11) is 2.24. The van der Waals surface area contributed by atoms with Crippen molar-refractivity contribution in [3.8, 4) is 0 Å². The highest BCUT2D eigenvalue weighted by Crippen LogP contribution is 2.26. The fraction of sp³-hybridized carbons (Fsp3) is 0.750. The molecule has 0 aromatic carbocycles. The zero-order chi connectivity index (χ0) is 14.1. The molecule has 1 saturated heterocycles. The summed E-state index contributed by atoms with van der Waals surface area (Å²) < 4.78 is 0. The van der Waals surface area contributed by atoms with E-state index in [0.29, 0.717) is 6.04 Å². The zero-order valence-corrected chi connectivity index (χ0v) is 13.0. The van der Waals surface area contributed by atoms with Gasteiger partial charge in [0.2, 0.25) is 0 Å². The van der Waals surface area contributed by atoms with Crippen LogP contribution in [0.3, 0.4) is 0 Å². The normalized spacial score (nSPS) is 19.4.